The molecule has 1 heterocycles. The molecule has 2 atom stereocenters. The lowest BCUT2D eigenvalue weighted by molar-refractivity contribution is -0.0518. The van der Waals surface area contributed by atoms with Crippen LogP contribution in [0.5, 0.6) is 0 Å². The molecule has 2 rings (SSSR count). The lowest BCUT2D eigenvalue weighted by atomic mass is 10.1. The fourth-order valence-corrected chi connectivity index (χ4v) is 2.39. The van der Waals surface area contributed by atoms with Crippen LogP contribution in [0.1, 0.15) is 18.6 Å². The second-order valence-electron chi connectivity index (χ2n) is 5.11. The molecule has 6 heteroatoms. The average Bonchev–Trinajstić information content (AvgIpc) is 2.48. The van der Waals surface area contributed by atoms with Crippen LogP contribution in [0.25, 0.3) is 0 Å². The monoisotopic (exact) mass is 301 g/mol. The van der Waals surface area contributed by atoms with Crippen LogP contribution in [-0.2, 0) is 9.47 Å². The number of aliphatic hydroxyl groups is 1. The Kier molecular flexibility index (Phi) is 6.05. The predicted octanol–water partition coefficient (Wildman–Crippen LogP) is 1.74. The number of halogens is 2. The number of morpholine rings is 1. The molecule has 0 spiro atoms. The van der Waals surface area contributed by atoms with Gasteiger partial charge in [0.1, 0.15) is 0 Å². The second kappa shape index (κ2) is 7.79. The molecule has 1 saturated heterocycles. The molecule has 1 aromatic rings. The first-order valence-corrected chi connectivity index (χ1v) is 7.15. The number of β-amino-alcohol motifs (C(OH)–C–C–N with tert-alkyl or cyclic N) is 1. The van der Waals surface area contributed by atoms with Gasteiger partial charge in [0.25, 0.3) is 0 Å². The third-order valence-electron chi connectivity index (χ3n) is 3.45. The van der Waals surface area contributed by atoms with E-state index >= 15 is 0 Å². The number of hydrogen-bond acceptors (Lipinski definition) is 4. The zero-order valence-corrected chi connectivity index (χ0v) is 12.1. The van der Waals surface area contributed by atoms with Crippen molar-refractivity contribution in [1.29, 1.82) is 0 Å². The van der Waals surface area contributed by atoms with E-state index in [1.807, 2.05) is 11.8 Å². The molecule has 0 saturated carbocycles. The molecule has 0 radical (unpaired) electrons. The van der Waals surface area contributed by atoms with Crippen molar-refractivity contribution in [2.24, 2.45) is 0 Å². The van der Waals surface area contributed by atoms with Gasteiger partial charge in [-0.25, -0.2) is 8.78 Å². The first kappa shape index (κ1) is 16.3. The first-order chi connectivity index (χ1) is 10.1. The van der Waals surface area contributed by atoms with Crippen molar-refractivity contribution in [3.05, 3.63) is 35.4 Å². The molecule has 0 aromatic heterocycles. The van der Waals surface area contributed by atoms with E-state index in [1.165, 1.54) is 12.1 Å². The first-order valence-electron chi connectivity index (χ1n) is 7.15. The van der Waals surface area contributed by atoms with Crippen LogP contribution >= 0.6 is 0 Å². The van der Waals surface area contributed by atoms with Crippen molar-refractivity contribution in [2.75, 3.05) is 39.5 Å². The predicted molar refractivity (Wildman–Crippen MR) is 74.0 cm³/mol. The Balaban J connectivity index is 1.92. The lowest BCUT2D eigenvalue weighted by Gasteiger charge is -2.34. The number of aliphatic hydroxyl groups excluding tert-OH is 1. The number of nitrogens with zero attached hydrogens (tertiary/aromatic N) is 1. The highest BCUT2D eigenvalue weighted by Gasteiger charge is 2.24. The maximum Gasteiger partial charge on any atom is 0.159 e. The zero-order valence-electron chi connectivity index (χ0n) is 12.1. The zero-order chi connectivity index (χ0) is 15.2. The molecule has 21 heavy (non-hydrogen) atoms. The molecule has 118 valence electrons. The van der Waals surface area contributed by atoms with E-state index in [2.05, 4.69) is 0 Å². The van der Waals surface area contributed by atoms with Crippen LogP contribution in [0, 0.1) is 11.6 Å². The summed E-state index contributed by atoms with van der Waals surface area (Å²) in [6.45, 7) is 4.94. The van der Waals surface area contributed by atoms with Gasteiger partial charge >= 0.3 is 0 Å². The fourth-order valence-electron chi connectivity index (χ4n) is 2.39. The summed E-state index contributed by atoms with van der Waals surface area (Å²) in [5, 5.41) is 9.85. The molecule has 1 N–H and O–H groups in total. The van der Waals surface area contributed by atoms with Crippen LogP contribution in [0.3, 0.4) is 0 Å². The summed E-state index contributed by atoms with van der Waals surface area (Å²) in [6, 6.07) is 3.81. The van der Waals surface area contributed by atoms with E-state index in [9.17, 15) is 13.9 Å². The van der Waals surface area contributed by atoms with E-state index in [1.54, 1.807) is 0 Å². The van der Waals surface area contributed by atoms with Crippen LogP contribution < -0.4 is 0 Å². The summed E-state index contributed by atoms with van der Waals surface area (Å²) in [6.07, 6.45) is -0.873. The third kappa shape index (κ3) is 4.71. The molecule has 0 aliphatic carbocycles. The Bertz CT molecular complexity index is 459. The van der Waals surface area contributed by atoms with Crippen molar-refractivity contribution in [3.63, 3.8) is 0 Å². The summed E-state index contributed by atoms with van der Waals surface area (Å²) >= 11 is 0. The van der Waals surface area contributed by atoms with Crippen molar-refractivity contribution in [3.8, 4) is 0 Å². The van der Waals surface area contributed by atoms with Crippen molar-refractivity contribution in [1.82, 2.24) is 4.90 Å². The molecule has 0 bridgehead atoms. The summed E-state index contributed by atoms with van der Waals surface area (Å²) in [5.74, 6) is -1.73. The van der Waals surface area contributed by atoms with E-state index in [-0.39, 0.29) is 6.10 Å². The van der Waals surface area contributed by atoms with Crippen LogP contribution in [0.2, 0.25) is 0 Å². The molecule has 1 aliphatic rings. The largest absolute Gasteiger partial charge is 0.389 e. The molecular formula is C15H21F2NO3. The fraction of sp³-hybridized carbons (Fsp3) is 0.600. The number of rotatable bonds is 6. The molecule has 1 aliphatic heterocycles. The average molecular weight is 301 g/mol. The minimum atomic E-state index is -0.871. The summed E-state index contributed by atoms with van der Waals surface area (Å²) in [5.41, 5.74) is 0.609. The van der Waals surface area contributed by atoms with Gasteiger partial charge in [0.15, 0.2) is 11.6 Å². The van der Waals surface area contributed by atoms with E-state index in [0.717, 1.165) is 6.07 Å². The topological polar surface area (TPSA) is 41.9 Å². The number of benzene rings is 1. The molecular weight excluding hydrogens is 280 g/mol. The molecule has 1 aromatic carbocycles. The van der Waals surface area contributed by atoms with Gasteiger partial charge in [-0.2, -0.15) is 0 Å². The highest BCUT2D eigenvalue weighted by molar-refractivity contribution is 5.21. The van der Waals surface area contributed by atoms with E-state index < -0.39 is 17.7 Å². The quantitative estimate of drug-likeness (QED) is 0.869. The molecule has 0 amide bonds. The summed E-state index contributed by atoms with van der Waals surface area (Å²) in [4.78, 5) is 2.04. The van der Waals surface area contributed by atoms with Crippen LogP contribution in [0.15, 0.2) is 18.2 Å². The maximum absolute atomic E-state index is 13.3. The van der Waals surface area contributed by atoms with Crippen LogP contribution in [-0.4, -0.2) is 55.6 Å². The SMILES string of the molecule is CCOCC(O)CN1CCOC(c2ccc(F)c(F)c2)C1. The van der Waals surface area contributed by atoms with Gasteiger partial charge in [-0.1, -0.05) is 6.07 Å². The normalized spacial score (nSPS) is 21.4. The Morgan fingerprint density at radius 1 is 1.43 bits per heavy atom. The van der Waals surface area contributed by atoms with Crippen molar-refractivity contribution >= 4 is 0 Å². The van der Waals surface area contributed by atoms with Crippen LogP contribution in [0.4, 0.5) is 8.78 Å². The van der Waals surface area contributed by atoms with Gasteiger partial charge in [0.2, 0.25) is 0 Å². The van der Waals surface area contributed by atoms with Gasteiger partial charge in [-0.05, 0) is 24.6 Å². The standard InChI is InChI=1S/C15H21F2NO3/c1-2-20-10-12(19)8-18-5-6-21-15(9-18)11-3-4-13(16)14(17)7-11/h3-4,7,12,15,19H,2,5-6,8-10H2,1H3. The van der Waals surface area contributed by atoms with Crippen molar-refractivity contribution < 1.29 is 23.4 Å². The van der Waals surface area contributed by atoms with Crippen molar-refractivity contribution in [2.45, 2.75) is 19.1 Å². The van der Waals surface area contributed by atoms with Gasteiger partial charge in [-0.15, -0.1) is 0 Å². The summed E-state index contributed by atoms with van der Waals surface area (Å²) < 4.78 is 37.0. The summed E-state index contributed by atoms with van der Waals surface area (Å²) in [7, 11) is 0. The Morgan fingerprint density at radius 2 is 2.24 bits per heavy atom. The smallest absolute Gasteiger partial charge is 0.159 e. The highest BCUT2D eigenvalue weighted by atomic mass is 19.2. The minimum absolute atomic E-state index is 0.295. The van der Waals surface area contributed by atoms with Gasteiger partial charge in [0.05, 0.1) is 25.4 Å². The van der Waals surface area contributed by atoms with E-state index in [0.29, 0.717) is 45.0 Å². The highest BCUT2D eigenvalue weighted by Crippen LogP contribution is 2.23. The molecule has 4 nitrogen and oxygen atoms in total. The molecule has 2 unspecified atom stereocenters. The maximum atomic E-state index is 13.3. The van der Waals surface area contributed by atoms with E-state index in [4.69, 9.17) is 9.47 Å². The number of hydrogen-bond donors (Lipinski definition) is 1. The minimum Gasteiger partial charge on any atom is -0.389 e. The Labute approximate surface area is 123 Å². The lowest BCUT2D eigenvalue weighted by Crippen LogP contribution is -2.43. The Morgan fingerprint density at radius 3 is 2.95 bits per heavy atom. The molecule has 1 fully saturated rings. The number of ether oxygens (including phenoxy) is 2. The Hall–Kier alpha value is -1.08. The third-order valence-corrected chi connectivity index (χ3v) is 3.45. The van der Waals surface area contributed by atoms with Gasteiger partial charge in [-0.3, -0.25) is 4.90 Å². The second-order valence-corrected chi connectivity index (χ2v) is 5.11. The van der Waals surface area contributed by atoms with Gasteiger partial charge in [0, 0.05) is 26.2 Å². The van der Waals surface area contributed by atoms with Gasteiger partial charge < -0.3 is 14.6 Å².